The molecule has 2 aromatic heterocycles. The van der Waals surface area contributed by atoms with Gasteiger partial charge in [-0.25, -0.2) is 0 Å². The van der Waals surface area contributed by atoms with E-state index in [1.54, 1.807) is 22.7 Å². The van der Waals surface area contributed by atoms with Gasteiger partial charge < -0.3 is 11.5 Å². The third-order valence-electron chi connectivity index (χ3n) is 1.71. The second-order valence-electron chi connectivity index (χ2n) is 2.81. The Kier molecular flexibility index (Phi) is 2.56. The van der Waals surface area contributed by atoms with Crippen LogP contribution in [0.1, 0.15) is 9.75 Å². The van der Waals surface area contributed by atoms with Crippen LogP contribution in [0.5, 0.6) is 0 Å². The molecule has 2 rings (SSSR count). The standard InChI is InChI=1S/C10H10N2S2/c11-9-5-3-7(13-9)1-2-8-4-6-10(12)14-8/h1-6H,11-12H2/b2-1+. The van der Waals surface area contributed by atoms with Gasteiger partial charge in [0.15, 0.2) is 0 Å². The number of anilines is 2. The molecule has 14 heavy (non-hydrogen) atoms. The summed E-state index contributed by atoms with van der Waals surface area (Å²) in [6, 6.07) is 7.83. The molecular weight excluding hydrogens is 212 g/mol. The van der Waals surface area contributed by atoms with Crippen LogP contribution >= 0.6 is 22.7 Å². The molecule has 0 aliphatic heterocycles. The van der Waals surface area contributed by atoms with Crippen molar-refractivity contribution >= 4 is 44.8 Å². The fourth-order valence-corrected chi connectivity index (χ4v) is 2.44. The zero-order valence-electron chi connectivity index (χ0n) is 7.44. The van der Waals surface area contributed by atoms with Gasteiger partial charge in [0, 0.05) is 9.75 Å². The summed E-state index contributed by atoms with van der Waals surface area (Å²) in [5, 5.41) is 1.69. The molecule has 0 aliphatic rings. The molecule has 2 nitrogen and oxygen atoms in total. The van der Waals surface area contributed by atoms with Gasteiger partial charge in [-0.2, -0.15) is 0 Å². The molecule has 0 saturated heterocycles. The smallest absolute Gasteiger partial charge is 0.0862 e. The van der Waals surface area contributed by atoms with Gasteiger partial charge in [0.1, 0.15) is 0 Å². The molecule has 0 atom stereocenters. The summed E-state index contributed by atoms with van der Waals surface area (Å²) in [6.45, 7) is 0. The third-order valence-corrected chi connectivity index (χ3v) is 3.47. The lowest BCUT2D eigenvalue weighted by atomic mass is 10.3. The van der Waals surface area contributed by atoms with Gasteiger partial charge in [0.05, 0.1) is 10.0 Å². The first-order valence-corrected chi connectivity index (χ1v) is 5.76. The maximum atomic E-state index is 5.62. The summed E-state index contributed by atoms with van der Waals surface area (Å²) in [7, 11) is 0. The fourth-order valence-electron chi connectivity index (χ4n) is 1.08. The average molecular weight is 222 g/mol. The highest BCUT2D eigenvalue weighted by molar-refractivity contribution is 7.17. The van der Waals surface area contributed by atoms with E-state index in [-0.39, 0.29) is 0 Å². The first-order chi connectivity index (χ1) is 6.74. The van der Waals surface area contributed by atoms with Crippen molar-refractivity contribution in [2.75, 3.05) is 11.5 Å². The van der Waals surface area contributed by atoms with Crippen LogP contribution in [0.4, 0.5) is 10.0 Å². The summed E-state index contributed by atoms with van der Waals surface area (Å²) >= 11 is 3.16. The molecule has 4 N–H and O–H groups in total. The molecule has 0 aliphatic carbocycles. The molecular formula is C10H10N2S2. The second kappa shape index (κ2) is 3.86. The second-order valence-corrected chi connectivity index (χ2v) is 5.11. The Labute approximate surface area is 90.5 Å². The Morgan fingerprint density at radius 3 is 1.50 bits per heavy atom. The maximum absolute atomic E-state index is 5.62. The Hall–Kier alpha value is -1.26. The molecule has 0 bridgehead atoms. The lowest BCUT2D eigenvalue weighted by molar-refractivity contribution is 1.90. The highest BCUT2D eigenvalue weighted by Gasteiger charge is 1.94. The van der Waals surface area contributed by atoms with E-state index in [2.05, 4.69) is 0 Å². The molecule has 0 radical (unpaired) electrons. The quantitative estimate of drug-likeness (QED) is 0.820. The maximum Gasteiger partial charge on any atom is 0.0862 e. The van der Waals surface area contributed by atoms with Crippen molar-refractivity contribution in [1.82, 2.24) is 0 Å². The Balaban J connectivity index is 2.14. The molecule has 2 aromatic rings. The number of nitrogens with two attached hydrogens (primary N) is 2. The molecule has 72 valence electrons. The van der Waals surface area contributed by atoms with Crippen molar-refractivity contribution in [3.05, 3.63) is 34.0 Å². The minimum atomic E-state index is 0.843. The van der Waals surface area contributed by atoms with Crippen molar-refractivity contribution in [3.63, 3.8) is 0 Å². The minimum absolute atomic E-state index is 0.843. The first-order valence-electron chi connectivity index (χ1n) is 4.13. The zero-order chi connectivity index (χ0) is 9.97. The van der Waals surface area contributed by atoms with Gasteiger partial charge in [0.2, 0.25) is 0 Å². The van der Waals surface area contributed by atoms with Crippen LogP contribution in [0, 0.1) is 0 Å². The fraction of sp³-hybridized carbons (Fsp3) is 0. The van der Waals surface area contributed by atoms with Gasteiger partial charge in [-0.15, -0.1) is 22.7 Å². The van der Waals surface area contributed by atoms with Crippen LogP contribution in [-0.4, -0.2) is 0 Å². The van der Waals surface area contributed by atoms with E-state index in [0.717, 1.165) is 19.8 Å². The van der Waals surface area contributed by atoms with E-state index < -0.39 is 0 Å². The van der Waals surface area contributed by atoms with Crippen molar-refractivity contribution < 1.29 is 0 Å². The Morgan fingerprint density at radius 2 is 1.21 bits per heavy atom. The van der Waals surface area contributed by atoms with E-state index in [0.29, 0.717) is 0 Å². The molecule has 0 amide bonds. The van der Waals surface area contributed by atoms with E-state index in [9.17, 15) is 0 Å². The number of hydrogen-bond acceptors (Lipinski definition) is 4. The van der Waals surface area contributed by atoms with Gasteiger partial charge in [-0.05, 0) is 36.4 Å². The summed E-state index contributed by atoms with van der Waals surface area (Å²) < 4.78 is 0. The average Bonchev–Trinajstić information content (AvgIpc) is 2.72. The Bertz CT molecular complexity index is 412. The SMILES string of the molecule is Nc1ccc(/C=C/c2ccc(N)s2)s1. The summed E-state index contributed by atoms with van der Waals surface area (Å²) in [5.74, 6) is 0. The number of nitrogen functional groups attached to an aromatic ring is 2. The van der Waals surface area contributed by atoms with E-state index in [1.807, 2.05) is 36.4 Å². The van der Waals surface area contributed by atoms with Gasteiger partial charge in [-0.3, -0.25) is 0 Å². The Morgan fingerprint density at radius 1 is 0.786 bits per heavy atom. The van der Waals surface area contributed by atoms with Crippen molar-refractivity contribution in [3.8, 4) is 0 Å². The van der Waals surface area contributed by atoms with E-state index in [1.165, 1.54) is 0 Å². The topological polar surface area (TPSA) is 52.0 Å². The zero-order valence-corrected chi connectivity index (χ0v) is 9.07. The highest BCUT2D eigenvalue weighted by atomic mass is 32.1. The van der Waals surface area contributed by atoms with Gasteiger partial charge in [-0.1, -0.05) is 0 Å². The molecule has 0 fully saturated rings. The summed E-state index contributed by atoms with van der Waals surface area (Å²) in [4.78, 5) is 2.32. The lowest BCUT2D eigenvalue weighted by Crippen LogP contribution is -1.72. The van der Waals surface area contributed by atoms with E-state index in [4.69, 9.17) is 11.5 Å². The van der Waals surface area contributed by atoms with Crippen molar-refractivity contribution in [2.24, 2.45) is 0 Å². The van der Waals surface area contributed by atoms with Crippen LogP contribution in [0.25, 0.3) is 12.2 Å². The highest BCUT2D eigenvalue weighted by Crippen LogP contribution is 2.23. The van der Waals surface area contributed by atoms with Crippen LogP contribution < -0.4 is 11.5 Å². The van der Waals surface area contributed by atoms with Crippen LogP contribution in [-0.2, 0) is 0 Å². The summed E-state index contributed by atoms with van der Waals surface area (Å²) in [5.41, 5.74) is 11.2. The van der Waals surface area contributed by atoms with Crippen LogP contribution in [0.3, 0.4) is 0 Å². The summed E-state index contributed by atoms with van der Waals surface area (Å²) in [6.07, 6.45) is 4.10. The van der Waals surface area contributed by atoms with Gasteiger partial charge in [0.25, 0.3) is 0 Å². The number of thiophene rings is 2. The molecule has 2 heterocycles. The third kappa shape index (κ3) is 2.16. The molecule has 0 unspecified atom stereocenters. The van der Waals surface area contributed by atoms with Crippen LogP contribution in [0.15, 0.2) is 24.3 Å². The first kappa shape index (κ1) is 9.30. The van der Waals surface area contributed by atoms with E-state index >= 15 is 0 Å². The molecule has 4 heteroatoms. The number of hydrogen-bond donors (Lipinski definition) is 2. The predicted octanol–water partition coefficient (Wildman–Crippen LogP) is 3.14. The van der Waals surface area contributed by atoms with Crippen LogP contribution in [0.2, 0.25) is 0 Å². The number of rotatable bonds is 2. The van der Waals surface area contributed by atoms with Gasteiger partial charge >= 0.3 is 0 Å². The molecule has 0 spiro atoms. The minimum Gasteiger partial charge on any atom is -0.391 e. The monoisotopic (exact) mass is 222 g/mol. The van der Waals surface area contributed by atoms with Crippen molar-refractivity contribution in [2.45, 2.75) is 0 Å². The lowest BCUT2D eigenvalue weighted by Gasteiger charge is -1.83. The van der Waals surface area contributed by atoms with Crippen molar-refractivity contribution in [1.29, 1.82) is 0 Å². The normalized spacial score (nSPS) is 11.1. The largest absolute Gasteiger partial charge is 0.391 e. The molecule has 0 saturated carbocycles. The predicted molar refractivity (Wildman–Crippen MR) is 66.4 cm³/mol. The molecule has 0 aromatic carbocycles.